The molecule has 0 spiro atoms. The van der Waals surface area contributed by atoms with Crippen LogP contribution in [-0.4, -0.2) is 9.97 Å². The lowest BCUT2D eigenvalue weighted by Gasteiger charge is -2.04. The molecule has 1 aromatic heterocycles. The van der Waals surface area contributed by atoms with Crippen LogP contribution < -0.4 is 0 Å². The summed E-state index contributed by atoms with van der Waals surface area (Å²) in [6.07, 6.45) is 0. The van der Waals surface area contributed by atoms with Crippen molar-refractivity contribution in [2.45, 2.75) is 13.8 Å². The van der Waals surface area contributed by atoms with E-state index in [1.54, 1.807) is 25.1 Å². The van der Waals surface area contributed by atoms with Crippen molar-refractivity contribution in [3.8, 4) is 11.4 Å². The number of benzene rings is 1. The summed E-state index contributed by atoms with van der Waals surface area (Å²) in [6, 6.07) is 6.44. The first-order chi connectivity index (χ1) is 7.56. The molecule has 2 rings (SSSR count). The van der Waals surface area contributed by atoms with Gasteiger partial charge < -0.3 is 0 Å². The van der Waals surface area contributed by atoms with E-state index in [9.17, 15) is 4.39 Å². The topological polar surface area (TPSA) is 25.8 Å². The van der Waals surface area contributed by atoms with E-state index < -0.39 is 0 Å². The normalized spacial score (nSPS) is 10.5. The zero-order chi connectivity index (χ0) is 11.7. The maximum Gasteiger partial charge on any atom is 0.161 e. The first-order valence-corrected chi connectivity index (χ1v) is 5.22. The minimum Gasteiger partial charge on any atom is -0.233 e. The van der Waals surface area contributed by atoms with E-state index in [0.717, 1.165) is 11.3 Å². The third-order valence-corrected chi connectivity index (χ3v) is 2.43. The van der Waals surface area contributed by atoms with Crippen molar-refractivity contribution in [1.82, 2.24) is 9.97 Å². The molecule has 0 aliphatic heterocycles. The van der Waals surface area contributed by atoms with Crippen molar-refractivity contribution in [3.05, 3.63) is 46.5 Å². The second-order valence-electron chi connectivity index (χ2n) is 3.62. The molecule has 0 unspecified atom stereocenters. The van der Waals surface area contributed by atoms with E-state index in [4.69, 9.17) is 11.6 Å². The predicted octanol–water partition coefficient (Wildman–Crippen LogP) is 3.55. The van der Waals surface area contributed by atoms with Gasteiger partial charge in [0.05, 0.1) is 0 Å². The van der Waals surface area contributed by atoms with Gasteiger partial charge in [0, 0.05) is 11.3 Å². The Labute approximate surface area is 98.1 Å². The number of hydrogen-bond acceptors (Lipinski definition) is 2. The van der Waals surface area contributed by atoms with Crippen LogP contribution in [0, 0.1) is 19.7 Å². The summed E-state index contributed by atoms with van der Waals surface area (Å²) in [5.41, 5.74) is 2.13. The van der Waals surface area contributed by atoms with Crippen molar-refractivity contribution < 1.29 is 4.39 Å². The number of rotatable bonds is 1. The van der Waals surface area contributed by atoms with Crippen molar-refractivity contribution in [1.29, 1.82) is 0 Å². The molecule has 4 heteroatoms. The Hall–Kier alpha value is -1.48. The van der Waals surface area contributed by atoms with Gasteiger partial charge in [-0.25, -0.2) is 14.4 Å². The highest BCUT2D eigenvalue weighted by Gasteiger charge is 2.06. The average Bonchev–Trinajstić information content (AvgIpc) is 2.20. The molecule has 0 saturated carbocycles. The van der Waals surface area contributed by atoms with E-state index in [1.807, 2.05) is 6.92 Å². The molecule has 1 heterocycles. The van der Waals surface area contributed by atoms with E-state index >= 15 is 0 Å². The van der Waals surface area contributed by atoms with Gasteiger partial charge in [0.15, 0.2) is 5.82 Å². The molecular weight excluding hydrogens is 227 g/mol. The van der Waals surface area contributed by atoms with Crippen molar-refractivity contribution in [2.75, 3.05) is 0 Å². The van der Waals surface area contributed by atoms with Crippen LogP contribution in [0.15, 0.2) is 24.3 Å². The van der Waals surface area contributed by atoms with E-state index in [0.29, 0.717) is 16.5 Å². The van der Waals surface area contributed by atoms with Gasteiger partial charge >= 0.3 is 0 Å². The Bertz CT molecular complexity index is 520. The SMILES string of the molecule is Cc1cc(Cl)nc(-c2ccc(F)c(C)c2)n1. The van der Waals surface area contributed by atoms with Gasteiger partial charge in [-0.05, 0) is 43.7 Å². The molecule has 1 aromatic carbocycles. The predicted molar refractivity (Wildman–Crippen MR) is 61.9 cm³/mol. The molecule has 0 aliphatic rings. The lowest BCUT2D eigenvalue weighted by atomic mass is 10.1. The number of halogens is 2. The minimum atomic E-state index is -0.234. The summed E-state index contributed by atoms with van der Waals surface area (Å²) in [7, 11) is 0. The smallest absolute Gasteiger partial charge is 0.161 e. The van der Waals surface area contributed by atoms with Crippen molar-refractivity contribution in [3.63, 3.8) is 0 Å². The van der Waals surface area contributed by atoms with Crippen LogP contribution in [-0.2, 0) is 0 Å². The van der Waals surface area contributed by atoms with Crippen LogP contribution in [0.4, 0.5) is 4.39 Å². The number of hydrogen-bond donors (Lipinski definition) is 0. The Morgan fingerprint density at radius 3 is 2.50 bits per heavy atom. The summed E-state index contributed by atoms with van der Waals surface area (Å²) >= 11 is 5.85. The third kappa shape index (κ3) is 2.19. The largest absolute Gasteiger partial charge is 0.233 e. The summed E-state index contributed by atoms with van der Waals surface area (Å²) in [6.45, 7) is 3.55. The molecule has 82 valence electrons. The second-order valence-corrected chi connectivity index (χ2v) is 4.01. The highest BCUT2D eigenvalue weighted by molar-refractivity contribution is 6.29. The highest BCUT2D eigenvalue weighted by atomic mass is 35.5. The minimum absolute atomic E-state index is 0.234. The van der Waals surface area contributed by atoms with Gasteiger partial charge in [0.1, 0.15) is 11.0 Å². The molecule has 0 aliphatic carbocycles. The molecule has 16 heavy (non-hydrogen) atoms. The van der Waals surface area contributed by atoms with Gasteiger partial charge in [-0.1, -0.05) is 11.6 Å². The van der Waals surface area contributed by atoms with Crippen LogP contribution in [0.3, 0.4) is 0 Å². The molecule has 0 radical (unpaired) electrons. The number of aromatic nitrogens is 2. The standard InChI is InChI=1S/C12H10ClFN2/c1-7-5-9(3-4-10(7)14)12-15-8(2)6-11(13)16-12/h3-6H,1-2H3. The summed E-state index contributed by atoms with van der Waals surface area (Å²) < 4.78 is 13.1. The second kappa shape index (κ2) is 4.18. The maximum absolute atomic E-state index is 13.1. The van der Waals surface area contributed by atoms with Gasteiger partial charge in [-0.3, -0.25) is 0 Å². The molecule has 2 nitrogen and oxygen atoms in total. The van der Waals surface area contributed by atoms with Crippen molar-refractivity contribution >= 4 is 11.6 Å². The Kier molecular flexibility index (Phi) is 2.88. The van der Waals surface area contributed by atoms with Crippen LogP contribution in [0.5, 0.6) is 0 Å². The highest BCUT2D eigenvalue weighted by Crippen LogP contribution is 2.20. The molecule has 2 aromatic rings. The Balaban J connectivity index is 2.54. The summed E-state index contributed by atoms with van der Waals surface area (Å²) in [5, 5.41) is 0.393. The zero-order valence-corrected chi connectivity index (χ0v) is 9.72. The quantitative estimate of drug-likeness (QED) is 0.708. The summed E-state index contributed by atoms with van der Waals surface area (Å²) in [4.78, 5) is 8.36. The van der Waals surface area contributed by atoms with Gasteiger partial charge in [-0.2, -0.15) is 0 Å². The van der Waals surface area contributed by atoms with Crippen molar-refractivity contribution in [2.24, 2.45) is 0 Å². The fraction of sp³-hybridized carbons (Fsp3) is 0.167. The number of nitrogens with zero attached hydrogens (tertiary/aromatic N) is 2. The lowest BCUT2D eigenvalue weighted by molar-refractivity contribution is 0.618. The molecule has 0 bridgehead atoms. The van der Waals surface area contributed by atoms with Crippen LogP contribution in [0.25, 0.3) is 11.4 Å². The van der Waals surface area contributed by atoms with Crippen LogP contribution >= 0.6 is 11.6 Å². The van der Waals surface area contributed by atoms with E-state index in [-0.39, 0.29) is 5.82 Å². The first-order valence-electron chi connectivity index (χ1n) is 4.84. The summed E-state index contributed by atoms with van der Waals surface area (Å²) in [5.74, 6) is 0.288. The zero-order valence-electron chi connectivity index (χ0n) is 8.96. The van der Waals surface area contributed by atoms with Gasteiger partial charge in [-0.15, -0.1) is 0 Å². The fourth-order valence-corrected chi connectivity index (χ4v) is 1.68. The average molecular weight is 237 g/mol. The van der Waals surface area contributed by atoms with Gasteiger partial charge in [0.25, 0.3) is 0 Å². The molecule has 0 atom stereocenters. The molecule has 0 N–H and O–H groups in total. The Morgan fingerprint density at radius 2 is 1.88 bits per heavy atom. The fourth-order valence-electron chi connectivity index (χ4n) is 1.44. The maximum atomic E-state index is 13.1. The Morgan fingerprint density at radius 1 is 1.12 bits per heavy atom. The monoisotopic (exact) mass is 236 g/mol. The molecular formula is C12H10ClFN2. The first kappa shape index (κ1) is 11.0. The van der Waals surface area contributed by atoms with E-state index in [2.05, 4.69) is 9.97 Å². The van der Waals surface area contributed by atoms with Crippen LogP contribution in [0.2, 0.25) is 5.15 Å². The van der Waals surface area contributed by atoms with Crippen LogP contribution in [0.1, 0.15) is 11.3 Å². The molecule has 0 amide bonds. The molecule has 0 fully saturated rings. The molecule has 0 saturated heterocycles. The number of aryl methyl sites for hydroxylation is 2. The lowest BCUT2D eigenvalue weighted by Crippen LogP contribution is -1.93. The van der Waals surface area contributed by atoms with Gasteiger partial charge in [0.2, 0.25) is 0 Å². The van der Waals surface area contributed by atoms with E-state index in [1.165, 1.54) is 6.07 Å². The third-order valence-electron chi connectivity index (χ3n) is 2.24.